The fourth-order valence-electron chi connectivity index (χ4n) is 2.37. The molecular weight excluding hydrogens is 222 g/mol. The molecule has 0 bridgehead atoms. The Labute approximate surface area is 100 Å². The minimum atomic E-state index is -0.886. The van der Waals surface area contributed by atoms with Gasteiger partial charge in [-0.2, -0.15) is 0 Å². The quantitative estimate of drug-likeness (QED) is 0.734. The van der Waals surface area contributed by atoms with E-state index < -0.39 is 5.97 Å². The van der Waals surface area contributed by atoms with Crippen molar-refractivity contribution in [2.45, 2.75) is 25.3 Å². The van der Waals surface area contributed by atoms with Crippen LogP contribution in [-0.4, -0.2) is 47.7 Å². The van der Waals surface area contributed by atoms with E-state index in [-0.39, 0.29) is 24.3 Å². The highest BCUT2D eigenvalue weighted by Crippen LogP contribution is 2.23. The van der Waals surface area contributed by atoms with Crippen LogP contribution in [0.2, 0.25) is 0 Å². The molecule has 2 aliphatic rings. The fourth-order valence-corrected chi connectivity index (χ4v) is 2.37. The van der Waals surface area contributed by atoms with Crippen molar-refractivity contribution in [1.82, 2.24) is 4.90 Å². The van der Waals surface area contributed by atoms with Crippen molar-refractivity contribution < 1.29 is 19.4 Å². The number of rotatable bonds is 3. The minimum Gasteiger partial charge on any atom is -0.481 e. The zero-order valence-corrected chi connectivity index (χ0v) is 9.67. The van der Waals surface area contributed by atoms with Crippen molar-refractivity contribution in [3.8, 4) is 0 Å². The Bertz CT molecular complexity index is 331. The summed E-state index contributed by atoms with van der Waals surface area (Å²) < 4.78 is 5.25. The molecule has 0 radical (unpaired) electrons. The highest BCUT2D eigenvalue weighted by Gasteiger charge is 2.33. The molecule has 1 unspecified atom stereocenters. The van der Waals surface area contributed by atoms with Gasteiger partial charge in [0.15, 0.2) is 0 Å². The predicted octanol–water partition coefficient (Wildman–Crippen LogP) is 0.655. The first kappa shape index (κ1) is 12.1. The molecule has 1 atom stereocenters. The number of carboxylic acid groups (broad SMARTS) is 1. The second-order valence-corrected chi connectivity index (χ2v) is 4.50. The standard InChI is InChI=1S/C12H17NO4/c14-11(15)7-10-8-17-6-5-13(10)12(16)9-3-1-2-4-9/h1-2,9-10H,3-8H2,(H,14,15). The zero-order chi connectivity index (χ0) is 12.3. The van der Waals surface area contributed by atoms with Crippen molar-refractivity contribution in [3.05, 3.63) is 12.2 Å². The summed E-state index contributed by atoms with van der Waals surface area (Å²) in [7, 11) is 0. The Balaban J connectivity index is 1.99. The summed E-state index contributed by atoms with van der Waals surface area (Å²) in [4.78, 5) is 24.7. The maximum Gasteiger partial charge on any atom is 0.305 e. The number of hydrogen-bond donors (Lipinski definition) is 1. The molecule has 1 aliphatic heterocycles. The van der Waals surface area contributed by atoms with Crippen LogP contribution in [0.1, 0.15) is 19.3 Å². The molecule has 1 heterocycles. The van der Waals surface area contributed by atoms with Gasteiger partial charge in [-0.3, -0.25) is 9.59 Å². The van der Waals surface area contributed by atoms with Gasteiger partial charge in [-0.1, -0.05) is 12.2 Å². The van der Waals surface area contributed by atoms with Crippen LogP contribution >= 0.6 is 0 Å². The molecule has 0 aromatic rings. The first-order valence-corrected chi connectivity index (χ1v) is 5.93. The third-order valence-corrected chi connectivity index (χ3v) is 3.28. The predicted molar refractivity (Wildman–Crippen MR) is 60.4 cm³/mol. The Morgan fingerprint density at radius 1 is 1.35 bits per heavy atom. The molecule has 1 saturated heterocycles. The molecule has 2 rings (SSSR count). The number of amides is 1. The molecule has 1 amide bonds. The molecule has 0 aromatic carbocycles. The summed E-state index contributed by atoms with van der Waals surface area (Å²) >= 11 is 0. The zero-order valence-electron chi connectivity index (χ0n) is 9.67. The van der Waals surface area contributed by atoms with Gasteiger partial charge < -0.3 is 14.7 Å². The van der Waals surface area contributed by atoms with Crippen LogP contribution in [0.4, 0.5) is 0 Å². The topological polar surface area (TPSA) is 66.8 Å². The van der Waals surface area contributed by atoms with E-state index in [1.807, 2.05) is 12.2 Å². The van der Waals surface area contributed by atoms with Crippen LogP contribution < -0.4 is 0 Å². The van der Waals surface area contributed by atoms with Crippen LogP contribution in [0.25, 0.3) is 0 Å². The van der Waals surface area contributed by atoms with Crippen LogP contribution in [-0.2, 0) is 14.3 Å². The highest BCUT2D eigenvalue weighted by molar-refractivity contribution is 5.81. The van der Waals surface area contributed by atoms with Gasteiger partial charge in [-0.05, 0) is 12.8 Å². The number of carboxylic acids is 1. The molecule has 0 saturated carbocycles. The average Bonchev–Trinajstić information content (AvgIpc) is 2.81. The summed E-state index contributed by atoms with van der Waals surface area (Å²) in [5.74, 6) is -0.809. The van der Waals surface area contributed by atoms with Crippen LogP contribution in [0.15, 0.2) is 12.2 Å². The molecule has 1 fully saturated rings. The summed E-state index contributed by atoms with van der Waals surface area (Å²) in [6.45, 7) is 1.34. The van der Waals surface area contributed by atoms with Gasteiger partial charge in [0.25, 0.3) is 0 Å². The molecule has 0 aromatic heterocycles. The lowest BCUT2D eigenvalue weighted by Gasteiger charge is -2.36. The van der Waals surface area contributed by atoms with Gasteiger partial charge in [-0.25, -0.2) is 0 Å². The number of nitrogens with zero attached hydrogens (tertiary/aromatic N) is 1. The van der Waals surface area contributed by atoms with Gasteiger partial charge in [-0.15, -0.1) is 0 Å². The number of aliphatic carboxylic acids is 1. The molecule has 1 aliphatic carbocycles. The third kappa shape index (κ3) is 2.85. The first-order valence-electron chi connectivity index (χ1n) is 5.93. The van der Waals surface area contributed by atoms with Gasteiger partial charge in [0, 0.05) is 12.5 Å². The van der Waals surface area contributed by atoms with Crippen molar-refractivity contribution in [1.29, 1.82) is 0 Å². The van der Waals surface area contributed by atoms with E-state index in [1.54, 1.807) is 4.90 Å². The summed E-state index contributed by atoms with van der Waals surface area (Å²) in [6.07, 6.45) is 5.53. The first-order chi connectivity index (χ1) is 8.18. The second-order valence-electron chi connectivity index (χ2n) is 4.50. The number of allylic oxidation sites excluding steroid dienone is 2. The van der Waals surface area contributed by atoms with Crippen molar-refractivity contribution >= 4 is 11.9 Å². The number of carbonyl (C=O) groups excluding carboxylic acids is 1. The monoisotopic (exact) mass is 239 g/mol. The fraction of sp³-hybridized carbons (Fsp3) is 0.667. The molecule has 0 spiro atoms. The van der Waals surface area contributed by atoms with E-state index in [2.05, 4.69) is 0 Å². The third-order valence-electron chi connectivity index (χ3n) is 3.28. The van der Waals surface area contributed by atoms with E-state index in [0.29, 0.717) is 19.8 Å². The van der Waals surface area contributed by atoms with Crippen molar-refractivity contribution in [2.75, 3.05) is 19.8 Å². The number of ether oxygens (including phenoxy) is 1. The van der Waals surface area contributed by atoms with Gasteiger partial charge in [0.1, 0.15) is 0 Å². The SMILES string of the molecule is O=C(O)CC1COCCN1C(=O)C1CC=CC1. The normalized spacial score (nSPS) is 25.2. The summed E-state index contributed by atoms with van der Waals surface area (Å²) in [5, 5.41) is 8.82. The van der Waals surface area contributed by atoms with E-state index in [1.165, 1.54) is 0 Å². The van der Waals surface area contributed by atoms with Crippen molar-refractivity contribution in [2.24, 2.45) is 5.92 Å². The molecular formula is C12H17NO4. The van der Waals surface area contributed by atoms with Crippen LogP contribution in [0.5, 0.6) is 0 Å². The lowest BCUT2D eigenvalue weighted by Crippen LogP contribution is -2.51. The average molecular weight is 239 g/mol. The van der Waals surface area contributed by atoms with E-state index in [9.17, 15) is 9.59 Å². The Morgan fingerprint density at radius 2 is 2.06 bits per heavy atom. The molecule has 17 heavy (non-hydrogen) atoms. The minimum absolute atomic E-state index is 0.00407. The van der Waals surface area contributed by atoms with Gasteiger partial charge in [0.2, 0.25) is 5.91 Å². The Hall–Kier alpha value is -1.36. The van der Waals surface area contributed by atoms with Crippen LogP contribution in [0.3, 0.4) is 0 Å². The number of carbonyl (C=O) groups is 2. The Kier molecular flexibility index (Phi) is 3.78. The summed E-state index contributed by atoms with van der Waals surface area (Å²) in [5.41, 5.74) is 0. The lowest BCUT2D eigenvalue weighted by atomic mass is 10.0. The van der Waals surface area contributed by atoms with Gasteiger partial charge >= 0.3 is 5.97 Å². The van der Waals surface area contributed by atoms with E-state index in [0.717, 1.165) is 12.8 Å². The summed E-state index contributed by atoms with van der Waals surface area (Å²) in [6, 6.07) is -0.311. The number of hydrogen-bond acceptors (Lipinski definition) is 3. The maximum atomic E-state index is 12.2. The lowest BCUT2D eigenvalue weighted by molar-refractivity contribution is -0.148. The van der Waals surface area contributed by atoms with E-state index >= 15 is 0 Å². The Morgan fingerprint density at radius 3 is 2.71 bits per heavy atom. The largest absolute Gasteiger partial charge is 0.481 e. The molecule has 5 nitrogen and oxygen atoms in total. The van der Waals surface area contributed by atoms with Gasteiger partial charge in [0.05, 0.1) is 25.7 Å². The van der Waals surface area contributed by atoms with Crippen LogP contribution in [0, 0.1) is 5.92 Å². The number of morpholine rings is 1. The molecule has 5 heteroatoms. The van der Waals surface area contributed by atoms with E-state index in [4.69, 9.17) is 9.84 Å². The molecule has 1 N–H and O–H groups in total. The maximum absolute atomic E-state index is 12.2. The highest BCUT2D eigenvalue weighted by atomic mass is 16.5. The second kappa shape index (κ2) is 5.31. The van der Waals surface area contributed by atoms with Crippen molar-refractivity contribution in [3.63, 3.8) is 0 Å². The molecule has 94 valence electrons. The smallest absolute Gasteiger partial charge is 0.305 e.